The number of quaternary nitrogens is 1. The highest BCUT2D eigenvalue weighted by Gasteiger charge is 2.23. The highest BCUT2D eigenvalue weighted by atomic mass is 35.5. The van der Waals surface area contributed by atoms with E-state index in [9.17, 15) is 4.79 Å². The molecule has 2 heterocycles. The Morgan fingerprint density at radius 3 is 2.58 bits per heavy atom. The summed E-state index contributed by atoms with van der Waals surface area (Å²) >= 11 is 11.9. The van der Waals surface area contributed by atoms with E-state index in [1.165, 1.54) is 4.90 Å². The van der Waals surface area contributed by atoms with Crippen molar-refractivity contribution in [1.82, 2.24) is 9.97 Å². The topological polar surface area (TPSA) is 62.6 Å². The van der Waals surface area contributed by atoms with Crippen molar-refractivity contribution >= 4 is 40.7 Å². The SMILES string of the molecule is O=C(C[NH+]1CCN(c2ncccn2)CC1)Nc1ccc(Cl)cc1Cl. The lowest BCUT2D eigenvalue weighted by molar-refractivity contribution is -0.892. The Bertz CT molecular complexity index is 705. The number of hydrogen-bond donors (Lipinski definition) is 2. The first kappa shape index (κ1) is 17.0. The fraction of sp³-hybridized carbons (Fsp3) is 0.312. The third-order valence-corrected chi connectivity index (χ3v) is 4.47. The van der Waals surface area contributed by atoms with Gasteiger partial charge in [0.1, 0.15) is 0 Å². The molecule has 1 aromatic carbocycles. The van der Waals surface area contributed by atoms with Crippen LogP contribution in [0.2, 0.25) is 10.0 Å². The fourth-order valence-electron chi connectivity index (χ4n) is 2.67. The summed E-state index contributed by atoms with van der Waals surface area (Å²) < 4.78 is 0. The van der Waals surface area contributed by atoms with Crippen molar-refractivity contribution in [2.45, 2.75) is 0 Å². The van der Waals surface area contributed by atoms with Crippen molar-refractivity contribution in [3.63, 3.8) is 0 Å². The molecule has 1 aromatic heterocycles. The van der Waals surface area contributed by atoms with Crippen LogP contribution in [0.25, 0.3) is 0 Å². The number of rotatable bonds is 4. The van der Waals surface area contributed by atoms with Gasteiger partial charge in [-0.3, -0.25) is 4.79 Å². The lowest BCUT2D eigenvalue weighted by Gasteiger charge is -2.31. The molecule has 2 aromatic rings. The number of halogens is 2. The van der Waals surface area contributed by atoms with Crippen molar-refractivity contribution in [3.8, 4) is 0 Å². The van der Waals surface area contributed by atoms with Crippen LogP contribution >= 0.6 is 23.2 Å². The van der Waals surface area contributed by atoms with Crippen LogP contribution in [0.3, 0.4) is 0 Å². The summed E-state index contributed by atoms with van der Waals surface area (Å²) in [5.74, 6) is 0.688. The molecule has 6 nitrogen and oxygen atoms in total. The van der Waals surface area contributed by atoms with Crippen LogP contribution in [-0.2, 0) is 4.79 Å². The number of carbonyl (C=O) groups excluding carboxylic acids is 1. The highest BCUT2D eigenvalue weighted by molar-refractivity contribution is 6.36. The predicted molar refractivity (Wildman–Crippen MR) is 94.9 cm³/mol. The van der Waals surface area contributed by atoms with E-state index in [0.29, 0.717) is 22.3 Å². The minimum atomic E-state index is -0.0568. The van der Waals surface area contributed by atoms with E-state index in [1.54, 1.807) is 36.7 Å². The van der Waals surface area contributed by atoms with Crippen LogP contribution in [0.4, 0.5) is 11.6 Å². The largest absolute Gasteiger partial charge is 0.330 e. The van der Waals surface area contributed by atoms with Gasteiger partial charge < -0.3 is 15.1 Å². The first-order valence-corrected chi connectivity index (χ1v) is 8.48. The second kappa shape index (κ2) is 7.79. The summed E-state index contributed by atoms with van der Waals surface area (Å²) in [6.45, 7) is 3.78. The first-order chi connectivity index (χ1) is 11.6. The second-order valence-corrected chi connectivity index (χ2v) is 6.48. The summed E-state index contributed by atoms with van der Waals surface area (Å²) in [4.78, 5) is 24.1. The van der Waals surface area contributed by atoms with Gasteiger partial charge in [0.05, 0.1) is 36.9 Å². The molecule has 0 unspecified atom stereocenters. The van der Waals surface area contributed by atoms with Gasteiger partial charge in [-0.15, -0.1) is 0 Å². The van der Waals surface area contributed by atoms with E-state index in [4.69, 9.17) is 23.2 Å². The summed E-state index contributed by atoms with van der Waals surface area (Å²) in [5, 5.41) is 3.82. The fourth-order valence-corrected chi connectivity index (χ4v) is 3.12. The zero-order valence-electron chi connectivity index (χ0n) is 13.0. The lowest BCUT2D eigenvalue weighted by Crippen LogP contribution is -3.15. The third-order valence-electron chi connectivity index (χ3n) is 3.92. The van der Waals surface area contributed by atoms with E-state index in [-0.39, 0.29) is 5.91 Å². The average Bonchev–Trinajstić information content (AvgIpc) is 2.59. The van der Waals surface area contributed by atoms with Gasteiger partial charge in [0.2, 0.25) is 5.95 Å². The summed E-state index contributed by atoms with van der Waals surface area (Å²) in [6, 6.07) is 6.83. The molecule has 0 aliphatic carbocycles. The van der Waals surface area contributed by atoms with Crippen LogP contribution in [0.1, 0.15) is 0 Å². The number of aromatic nitrogens is 2. The molecule has 0 bridgehead atoms. The second-order valence-electron chi connectivity index (χ2n) is 5.63. The zero-order chi connectivity index (χ0) is 16.9. The van der Waals surface area contributed by atoms with Gasteiger partial charge in [0.25, 0.3) is 5.91 Å². The maximum absolute atomic E-state index is 12.2. The number of amides is 1. The Balaban J connectivity index is 1.50. The van der Waals surface area contributed by atoms with Crippen LogP contribution in [0, 0.1) is 0 Å². The molecule has 0 saturated carbocycles. The molecule has 1 saturated heterocycles. The smallest absolute Gasteiger partial charge is 0.279 e. The van der Waals surface area contributed by atoms with Crippen LogP contribution in [-0.4, -0.2) is 48.6 Å². The monoisotopic (exact) mass is 366 g/mol. The van der Waals surface area contributed by atoms with Crippen molar-refractivity contribution in [2.75, 3.05) is 42.9 Å². The van der Waals surface area contributed by atoms with E-state index in [0.717, 1.165) is 32.1 Å². The molecule has 0 radical (unpaired) electrons. The average molecular weight is 367 g/mol. The van der Waals surface area contributed by atoms with E-state index in [2.05, 4.69) is 20.2 Å². The van der Waals surface area contributed by atoms with Crippen molar-refractivity contribution in [3.05, 3.63) is 46.7 Å². The van der Waals surface area contributed by atoms with Gasteiger partial charge in [-0.05, 0) is 24.3 Å². The molecule has 2 N–H and O–H groups in total. The van der Waals surface area contributed by atoms with Gasteiger partial charge in [-0.1, -0.05) is 23.2 Å². The van der Waals surface area contributed by atoms with Gasteiger partial charge in [-0.25, -0.2) is 9.97 Å². The maximum atomic E-state index is 12.2. The molecule has 1 aliphatic rings. The Morgan fingerprint density at radius 2 is 1.92 bits per heavy atom. The molecule has 24 heavy (non-hydrogen) atoms. The highest BCUT2D eigenvalue weighted by Crippen LogP contribution is 2.25. The van der Waals surface area contributed by atoms with Gasteiger partial charge in [0.15, 0.2) is 6.54 Å². The van der Waals surface area contributed by atoms with Crippen molar-refractivity contribution in [2.24, 2.45) is 0 Å². The minimum Gasteiger partial charge on any atom is -0.330 e. The Kier molecular flexibility index (Phi) is 5.50. The van der Waals surface area contributed by atoms with Crippen LogP contribution in [0.15, 0.2) is 36.7 Å². The summed E-state index contributed by atoms with van der Waals surface area (Å²) in [6.07, 6.45) is 3.48. The summed E-state index contributed by atoms with van der Waals surface area (Å²) in [5.41, 5.74) is 0.585. The predicted octanol–water partition coefficient (Wildman–Crippen LogP) is 1.13. The molecule has 1 aliphatic heterocycles. The van der Waals surface area contributed by atoms with Crippen LogP contribution < -0.4 is 15.1 Å². The Morgan fingerprint density at radius 1 is 1.21 bits per heavy atom. The van der Waals surface area contributed by atoms with E-state index < -0.39 is 0 Å². The number of hydrogen-bond acceptors (Lipinski definition) is 4. The van der Waals surface area contributed by atoms with Gasteiger partial charge in [-0.2, -0.15) is 0 Å². The number of anilines is 2. The molecule has 3 rings (SSSR count). The zero-order valence-corrected chi connectivity index (χ0v) is 14.5. The molecular weight excluding hydrogens is 349 g/mol. The summed E-state index contributed by atoms with van der Waals surface area (Å²) in [7, 11) is 0. The maximum Gasteiger partial charge on any atom is 0.279 e. The van der Waals surface area contributed by atoms with Crippen molar-refractivity contribution < 1.29 is 9.69 Å². The molecule has 0 atom stereocenters. The molecule has 8 heteroatoms. The first-order valence-electron chi connectivity index (χ1n) is 7.72. The molecule has 1 amide bonds. The van der Waals surface area contributed by atoms with E-state index in [1.807, 2.05) is 0 Å². The molecular formula is C16H18Cl2N5O+. The number of carbonyl (C=O) groups is 1. The normalized spacial score (nSPS) is 15.3. The Hall–Kier alpha value is -1.89. The number of nitrogens with one attached hydrogen (secondary N) is 2. The lowest BCUT2D eigenvalue weighted by atomic mass is 10.3. The van der Waals surface area contributed by atoms with Crippen molar-refractivity contribution in [1.29, 1.82) is 0 Å². The van der Waals surface area contributed by atoms with Gasteiger partial charge in [0, 0.05) is 17.4 Å². The standard InChI is InChI=1S/C16H17Cl2N5O/c17-12-2-3-14(13(18)10-12)21-15(24)11-22-6-8-23(9-7-22)16-19-4-1-5-20-16/h1-5,10H,6-9,11H2,(H,21,24)/p+1. The quantitative estimate of drug-likeness (QED) is 0.851. The van der Waals surface area contributed by atoms with E-state index >= 15 is 0 Å². The minimum absolute atomic E-state index is 0.0568. The molecule has 126 valence electrons. The van der Waals surface area contributed by atoms with Gasteiger partial charge >= 0.3 is 0 Å². The third kappa shape index (κ3) is 4.35. The molecule has 1 fully saturated rings. The van der Waals surface area contributed by atoms with Crippen LogP contribution in [0.5, 0.6) is 0 Å². The number of benzene rings is 1. The molecule has 0 spiro atoms. The number of piperazine rings is 1. The number of nitrogens with zero attached hydrogens (tertiary/aromatic N) is 3. The Labute approximate surface area is 150 Å².